The van der Waals surface area contributed by atoms with Crippen LogP contribution in [0.3, 0.4) is 0 Å². The smallest absolute Gasteiger partial charge is 0.207 e. The Morgan fingerprint density at radius 1 is 1.06 bits per heavy atom. The van der Waals surface area contributed by atoms with Crippen molar-refractivity contribution in [1.82, 2.24) is 20.3 Å². The van der Waals surface area contributed by atoms with Crippen LogP contribution in [0.4, 0.5) is 11.5 Å². The quantitative estimate of drug-likeness (QED) is 0.399. The van der Waals surface area contributed by atoms with Crippen LogP contribution < -0.4 is 15.4 Å². The molecule has 2 fully saturated rings. The van der Waals surface area contributed by atoms with Crippen molar-refractivity contribution in [3.63, 3.8) is 0 Å². The summed E-state index contributed by atoms with van der Waals surface area (Å²) in [5.74, 6) is 6.16. The number of piperidine rings is 1. The van der Waals surface area contributed by atoms with Gasteiger partial charge in [-0.15, -0.1) is 6.42 Å². The van der Waals surface area contributed by atoms with Crippen molar-refractivity contribution in [2.24, 2.45) is 5.92 Å². The first-order chi connectivity index (χ1) is 16.6. The molecule has 1 aliphatic heterocycles. The third-order valence-corrected chi connectivity index (χ3v) is 6.19. The number of hydrogen-bond acceptors (Lipinski definition) is 6. The van der Waals surface area contributed by atoms with E-state index in [9.17, 15) is 0 Å². The fraction of sp³-hybridized carbons (Fsp3) is 0.250. The zero-order valence-corrected chi connectivity index (χ0v) is 19.4. The highest BCUT2D eigenvalue weighted by atomic mass is 16.5. The number of ether oxygens (including phenoxy) is 1. The summed E-state index contributed by atoms with van der Waals surface area (Å²) in [6.45, 7) is 5.20. The van der Waals surface area contributed by atoms with Gasteiger partial charge in [0.2, 0.25) is 5.82 Å². The molecular formula is C28H27N5O. The standard InChI is InChI=1S/C23H18N4O.C5H9N/c1-4-22-26-19-9-6-5-8-18(19)23(27-22)25-17-11-12-20(15(2)14-17)28-21-10-7-13-24-16(21)3;1-2-6-5-3-4(1)5/h1,5-14H,2-3H3,(H,25,26,27);4-6H,1-3H2. The highest BCUT2D eigenvalue weighted by Crippen LogP contribution is 2.37. The lowest BCUT2D eigenvalue weighted by Gasteiger charge is -2.13. The van der Waals surface area contributed by atoms with E-state index < -0.39 is 0 Å². The monoisotopic (exact) mass is 449 g/mol. The molecule has 1 aliphatic carbocycles. The Labute approximate surface area is 199 Å². The van der Waals surface area contributed by atoms with Gasteiger partial charge in [0.15, 0.2) is 0 Å². The first kappa shape index (κ1) is 21.9. The van der Waals surface area contributed by atoms with Gasteiger partial charge in [0.1, 0.15) is 17.3 Å². The molecule has 2 aromatic carbocycles. The topological polar surface area (TPSA) is 72.0 Å². The largest absolute Gasteiger partial charge is 0.455 e. The number of anilines is 2. The van der Waals surface area contributed by atoms with Gasteiger partial charge in [-0.3, -0.25) is 4.98 Å². The van der Waals surface area contributed by atoms with Crippen LogP contribution in [0.2, 0.25) is 0 Å². The molecule has 2 aliphatic rings. The maximum absolute atomic E-state index is 6.01. The van der Waals surface area contributed by atoms with E-state index >= 15 is 0 Å². The Hall–Kier alpha value is -3.95. The van der Waals surface area contributed by atoms with Gasteiger partial charge in [0, 0.05) is 23.3 Å². The first-order valence-corrected chi connectivity index (χ1v) is 11.5. The van der Waals surface area contributed by atoms with Gasteiger partial charge in [0.25, 0.3) is 0 Å². The second-order valence-electron chi connectivity index (χ2n) is 8.70. The number of para-hydroxylation sites is 1. The van der Waals surface area contributed by atoms with Crippen molar-refractivity contribution in [2.45, 2.75) is 32.7 Å². The third kappa shape index (κ3) is 4.85. The minimum Gasteiger partial charge on any atom is -0.455 e. The fourth-order valence-electron chi connectivity index (χ4n) is 4.18. The van der Waals surface area contributed by atoms with Crippen molar-refractivity contribution < 1.29 is 4.74 Å². The van der Waals surface area contributed by atoms with Gasteiger partial charge >= 0.3 is 0 Å². The highest BCUT2D eigenvalue weighted by molar-refractivity contribution is 5.91. The van der Waals surface area contributed by atoms with Gasteiger partial charge in [-0.25, -0.2) is 9.97 Å². The molecular weight excluding hydrogens is 422 g/mol. The van der Waals surface area contributed by atoms with Crippen molar-refractivity contribution in [1.29, 1.82) is 0 Å². The number of hydrogen-bond donors (Lipinski definition) is 2. The minimum absolute atomic E-state index is 0.352. The Morgan fingerprint density at radius 3 is 2.62 bits per heavy atom. The van der Waals surface area contributed by atoms with E-state index in [4.69, 9.17) is 11.2 Å². The molecule has 6 nitrogen and oxygen atoms in total. The average Bonchev–Trinajstić information content (AvgIpc) is 3.46. The molecule has 2 atom stereocenters. The molecule has 170 valence electrons. The second kappa shape index (κ2) is 9.50. The van der Waals surface area contributed by atoms with E-state index in [2.05, 4.69) is 31.5 Å². The number of rotatable bonds is 4. The Kier molecular flexibility index (Phi) is 6.11. The summed E-state index contributed by atoms with van der Waals surface area (Å²) >= 11 is 0. The predicted molar refractivity (Wildman–Crippen MR) is 135 cm³/mol. The Balaban J connectivity index is 0.000000343. The summed E-state index contributed by atoms with van der Waals surface area (Å²) in [4.78, 5) is 13.1. The highest BCUT2D eigenvalue weighted by Gasteiger charge is 2.40. The van der Waals surface area contributed by atoms with Crippen molar-refractivity contribution in [3.05, 3.63) is 77.9 Å². The zero-order valence-electron chi connectivity index (χ0n) is 19.4. The van der Waals surface area contributed by atoms with Crippen LogP contribution in [0.15, 0.2) is 60.8 Å². The van der Waals surface area contributed by atoms with Gasteiger partial charge < -0.3 is 15.4 Å². The summed E-state index contributed by atoms with van der Waals surface area (Å²) in [6.07, 6.45) is 10.2. The molecule has 3 heterocycles. The molecule has 0 amide bonds. The molecule has 2 unspecified atom stereocenters. The molecule has 6 rings (SSSR count). The van der Waals surface area contributed by atoms with Crippen LogP contribution in [0.1, 0.15) is 29.9 Å². The van der Waals surface area contributed by atoms with Crippen molar-refractivity contribution in [2.75, 3.05) is 11.9 Å². The van der Waals surface area contributed by atoms with Gasteiger partial charge in [0.05, 0.1) is 11.2 Å². The molecule has 0 spiro atoms. The van der Waals surface area contributed by atoms with E-state index in [1.807, 2.05) is 68.4 Å². The van der Waals surface area contributed by atoms with E-state index in [1.54, 1.807) is 6.20 Å². The molecule has 1 saturated heterocycles. The molecule has 34 heavy (non-hydrogen) atoms. The van der Waals surface area contributed by atoms with Crippen LogP contribution in [-0.2, 0) is 0 Å². The van der Waals surface area contributed by atoms with Crippen molar-refractivity contribution >= 4 is 22.4 Å². The van der Waals surface area contributed by atoms with Crippen molar-refractivity contribution in [3.8, 4) is 23.8 Å². The second-order valence-corrected chi connectivity index (χ2v) is 8.70. The number of terminal acetylenes is 1. The minimum atomic E-state index is 0.352. The summed E-state index contributed by atoms with van der Waals surface area (Å²) in [5, 5.41) is 7.65. The maximum Gasteiger partial charge on any atom is 0.207 e. The number of aromatic nitrogens is 3. The summed E-state index contributed by atoms with van der Waals surface area (Å²) in [5.41, 5.74) is 3.53. The Bertz CT molecular complexity index is 1370. The van der Waals surface area contributed by atoms with Crippen LogP contribution >= 0.6 is 0 Å². The third-order valence-electron chi connectivity index (χ3n) is 6.19. The fourth-order valence-corrected chi connectivity index (χ4v) is 4.18. The molecule has 6 heteroatoms. The lowest BCUT2D eigenvalue weighted by molar-refractivity contribution is 0.472. The summed E-state index contributed by atoms with van der Waals surface area (Å²) < 4.78 is 6.01. The number of benzene rings is 2. The van der Waals surface area contributed by atoms with Crippen LogP contribution in [-0.4, -0.2) is 27.5 Å². The first-order valence-electron chi connectivity index (χ1n) is 11.5. The SMILES string of the molecule is C#Cc1nc(Nc2ccc(Oc3cccnc3C)c(C)c2)c2ccccc2n1.C1CC2CC2N1. The number of fused-ring (bicyclic) bond motifs is 2. The number of aryl methyl sites for hydroxylation is 2. The normalized spacial score (nSPS) is 17.8. The Morgan fingerprint density at radius 2 is 1.94 bits per heavy atom. The lowest BCUT2D eigenvalue weighted by atomic mass is 10.2. The van der Waals surface area contributed by atoms with Crippen LogP contribution in [0.5, 0.6) is 11.5 Å². The van der Waals surface area contributed by atoms with E-state index in [-0.39, 0.29) is 0 Å². The van der Waals surface area contributed by atoms with Gasteiger partial charge in [-0.1, -0.05) is 12.1 Å². The predicted octanol–water partition coefficient (Wildman–Crippen LogP) is 5.53. The number of pyridine rings is 1. The van der Waals surface area contributed by atoms with Crippen LogP contribution in [0.25, 0.3) is 10.9 Å². The molecule has 0 radical (unpaired) electrons. The molecule has 4 aromatic rings. The maximum atomic E-state index is 6.01. The average molecular weight is 450 g/mol. The molecule has 2 N–H and O–H groups in total. The zero-order chi connectivity index (χ0) is 23.5. The van der Waals surface area contributed by atoms with Crippen LogP contribution in [0, 0.1) is 32.1 Å². The molecule has 0 bridgehead atoms. The summed E-state index contributed by atoms with van der Waals surface area (Å²) in [7, 11) is 0. The summed E-state index contributed by atoms with van der Waals surface area (Å²) in [6, 6.07) is 18.4. The van der Waals surface area contributed by atoms with Gasteiger partial charge in [-0.2, -0.15) is 0 Å². The molecule has 1 saturated carbocycles. The number of nitrogens with zero attached hydrogens (tertiary/aromatic N) is 3. The lowest BCUT2D eigenvalue weighted by Crippen LogP contribution is -2.10. The van der Waals surface area contributed by atoms with E-state index in [1.165, 1.54) is 19.4 Å². The molecule has 2 aromatic heterocycles. The number of nitrogens with one attached hydrogen (secondary N) is 2. The van der Waals surface area contributed by atoms with Gasteiger partial charge in [-0.05, 0) is 93.1 Å². The van der Waals surface area contributed by atoms with E-state index in [0.717, 1.165) is 51.3 Å². The van der Waals surface area contributed by atoms with E-state index in [0.29, 0.717) is 11.6 Å².